The van der Waals surface area contributed by atoms with Crippen molar-refractivity contribution in [2.24, 2.45) is 0 Å². The lowest BCUT2D eigenvalue weighted by Crippen LogP contribution is -2.07. The van der Waals surface area contributed by atoms with Crippen molar-refractivity contribution in [2.45, 2.75) is 32.2 Å². The number of hydrogen-bond acceptors (Lipinski definition) is 1. The minimum absolute atomic E-state index is 0.162. The molecule has 10 heteroatoms. The molecule has 4 aromatic carbocycles. The molecule has 0 aliphatic carbocycles. The van der Waals surface area contributed by atoms with E-state index in [1.165, 1.54) is 35.0 Å². The molecule has 5 aromatic rings. The molecule has 1 heterocycles. The van der Waals surface area contributed by atoms with E-state index in [0.717, 1.165) is 24.3 Å². The molecule has 0 saturated carbocycles. The highest BCUT2D eigenvalue weighted by Crippen LogP contribution is 2.39. The molecule has 0 N–H and O–H groups in total. The Labute approximate surface area is 229 Å². The fourth-order valence-electron chi connectivity index (χ4n) is 4.70. The lowest BCUT2D eigenvalue weighted by atomic mass is 9.96. The predicted octanol–water partition coefficient (Wildman–Crippen LogP) is 9.48. The topological polar surface area (TPSA) is 17.8 Å². The van der Waals surface area contributed by atoms with Gasteiger partial charge >= 0.3 is 12.4 Å². The van der Waals surface area contributed by atoms with Gasteiger partial charge in [0.2, 0.25) is 0 Å². The molecule has 1 aromatic heterocycles. The van der Waals surface area contributed by atoms with E-state index in [1.807, 2.05) is 0 Å². The number of aryl methyl sites for hydroxylation is 1. The quantitative estimate of drug-likeness (QED) is 0.191. The highest BCUT2D eigenvalue weighted by Gasteiger charge is 2.35. The first-order chi connectivity index (χ1) is 18.8. The first kappa shape index (κ1) is 27.7. The number of aromatic nitrogens is 2. The molecule has 5 rings (SSSR count). The van der Waals surface area contributed by atoms with Crippen LogP contribution in [0.5, 0.6) is 0 Å². The van der Waals surface area contributed by atoms with Crippen molar-refractivity contribution in [2.75, 3.05) is 0 Å². The van der Waals surface area contributed by atoms with Gasteiger partial charge in [-0.25, -0.2) is 4.39 Å². The Morgan fingerprint density at radius 3 is 2.25 bits per heavy atom. The third kappa shape index (κ3) is 5.56. The lowest BCUT2D eigenvalue weighted by Gasteiger charge is -2.13. The normalized spacial score (nSPS) is 12.3. The van der Waals surface area contributed by atoms with E-state index in [1.54, 1.807) is 31.2 Å². The Hall–Kier alpha value is -3.85. The van der Waals surface area contributed by atoms with Crippen LogP contribution in [0.4, 0.5) is 30.7 Å². The Balaban J connectivity index is 1.64. The number of rotatable bonds is 5. The summed E-state index contributed by atoms with van der Waals surface area (Å²) in [4.78, 5) is 0. The smallest absolute Gasteiger partial charge is 0.259 e. The molecular weight excluding hydrogens is 557 g/mol. The van der Waals surface area contributed by atoms with Gasteiger partial charge in [0.05, 0.1) is 23.4 Å². The second-order valence-electron chi connectivity index (χ2n) is 9.46. The van der Waals surface area contributed by atoms with Crippen LogP contribution in [0.3, 0.4) is 0 Å². The first-order valence-electron chi connectivity index (χ1n) is 12.1. The lowest BCUT2D eigenvalue weighted by molar-refractivity contribution is -0.138. The summed E-state index contributed by atoms with van der Waals surface area (Å²) in [5, 5.41) is 4.63. The molecule has 0 fully saturated rings. The average molecular weight is 577 g/mol. The van der Waals surface area contributed by atoms with E-state index < -0.39 is 29.3 Å². The van der Waals surface area contributed by atoms with Crippen molar-refractivity contribution >= 4 is 22.5 Å². The van der Waals surface area contributed by atoms with Gasteiger partial charge in [0.25, 0.3) is 0 Å². The molecular formula is C30H20ClF7N2. The van der Waals surface area contributed by atoms with Gasteiger partial charge < -0.3 is 0 Å². The Morgan fingerprint density at radius 1 is 0.800 bits per heavy atom. The monoisotopic (exact) mass is 576 g/mol. The summed E-state index contributed by atoms with van der Waals surface area (Å²) in [5.74, 6) is -0.636. The van der Waals surface area contributed by atoms with Crippen molar-refractivity contribution in [1.29, 1.82) is 0 Å². The Kier molecular flexibility index (Phi) is 7.12. The number of halogens is 8. The van der Waals surface area contributed by atoms with Crippen LogP contribution in [0.25, 0.3) is 22.2 Å². The van der Waals surface area contributed by atoms with Crippen molar-refractivity contribution in [3.05, 3.63) is 123 Å². The summed E-state index contributed by atoms with van der Waals surface area (Å²) in [6.07, 6.45) is -9.01. The Bertz CT molecular complexity index is 1720. The molecule has 40 heavy (non-hydrogen) atoms. The summed E-state index contributed by atoms with van der Waals surface area (Å²) < 4.78 is 97.4. The fraction of sp³-hybridized carbons (Fsp3) is 0.167. The first-order valence-corrected chi connectivity index (χ1v) is 12.5. The van der Waals surface area contributed by atoms with Crippen LogP contribution in [0.1, 0.15) is 33.4 Å². The number of alkyl halides is 6. The summed E-state index contributed by atoms with van der Waals surface area (Å²) >= 11 is 5.86. The number of benzene rings is 4. The minimum Gasteiger partial charge on any atom is -0.259 e. The molecule has 206 valence electrons. The molecule has 0 atom stereocenters. The van der Waals surface area contributed by atoms with Gasteiger partial charge in [0.15, 0.2) is 0 Å². The maximum atomic E-state index is 14.7. The molecule has 0 radical (unpaired) electrons. The van der Waals surface area contributed by atoms with E-state index in [-0.39, 0.29) is 34.5 Å². The van der Waals surface area contributed by atoms with Gasteiger partial charge in [0, 0.05) is 21.5 Å². The third-order valence-electron chi connectivity index (χ3n) is 6.68. The zero-order valence-electron chi connectivity index (χ0n) is 20.8. The highest BCUT2D eigenvalue weighted by atomic mass is 35.5. The van der Waals surface area contributed by atoms with E-state index in [2.05, 4.69) is 5.10 Å². The van der Waals surface area contributed by atoms with Gasteiger partial charge in [-0.2, -0.15) is 31.4 Å². The summed E-state index contributed by atoms with van der Waals surface area (Å²) in [7, 11) is 0. The highest BCUT2D eigenvalue weighted by molar-refractivity contribution is 6.30. The van der Waals surface area contributed by atoms with Crippen LogP contribution < -0.4 is 0 Å². The summed E-state index contributed by atoms with van der Waals surface area (Å²) in [6, 6.07) is 18.0. The van der Waals surface area contributed by atoms with Gasteiger partial charge in [-0.05, 0) is 66.4 Å². The Morgan fingerprint density at radius 2 is 1.55 bits per heavy atom. The van der Waals surface area contributed by atoms with E-state index in [0.29, 0.717) is 27.9 Å². The SMILES string of the molecule is Cc1ccc(C(F)(F)F)cc1Cc1cccc(-c2c3cccc(C(F)(F)F)c3nn2Cc2ccc(Cl)cc2F)c1. The third-order valence-corrected chi connectivity index (χ3v) is 6.92. The number of nitrogens with zero attached hydrogens (tertiary/aromatic N) is 2. The average Bonchev–Trinajstić information content (AvgIpc) is 3.24. The van der Waals surface area contributed by atoms with Crippen LogP contribution in [0, 0.1) is 12.7 Å². The predicted molar refractivity (Wildman–Crippen MR) is 140 cm³/mol. The number of hydrogen-bond donors (Lipinski definition) is 0. The molecule has 0 aliphatic rings. The second kappa shape index (κ2) is 10.3. The van der Waals surface area contributed by atoms with Crippen LogP contribution in [-0.2, 0) is 25.3 Å². The molecule has 2 nitrogen and oxygen atoms in total. The summed E-state index contributed by atoms with van der Waals surface area (Å²) in [5.41, 5.74) is 0.758. The minimum atomic E-state index is -4.68. The van der Waals surface area contributed by atoms with Crippen molar-refractivity contribution in [1.82, 2.24) is 9.78 Å². The van der Waals surface area contributed by atoms with Crippen LogP contribution in [-0.4, -0.2) is 9.78 Å². The maximum absolute atomic E-state index is 14.7. The van der Waals surface area contributed by atoms with Gasteiger partial charge in [-0.3, -0.25) is 4.68 Å². The van der Waals surface area contributed by atoms with Crippen LogP contribution in [0.2, 0.25) is 5.02 Å². The van der Waals surface area contributed by atoms with Crippen molar-refractivity contribution in [3.8, 4) is 11.3 Å². The second-order valence-corrected chi connectivity index (χ2v) is 9.89. The van der Waals surface area contributed by atoms with Gasteiger partial charge in [-0.1, -0.05) is 54.1 Å². The van der Waals surface area contributed by atoms with Gasteiger partial charge in [0.1, 0.15) is 11.3 Å². The largest absolute Gasteiger partial charge is 0.418 e. The fourth-order valence-corrected chi connectivity index (χ4v) is 4.86. The number of fused-ring (bicyclic) bond motifs is 1. The van der Waals surface area contributed by atoms with Crippen molar-refractivity contribution < 1.29 is 30.7 Å². The molecule has 0 spiro atoms. The van der Waals surface area contributed by atoms with E-state index in [4.69, 9.17) is 11.6 Å². The molecule has 0 aliphatic heterocycles. The van der Waals surface area contributed by atoms with Crippen molar-refractivity contribution in [3.63, 3.8) is 0 Å². The maximum Gasteiger partial charge on any atom is 0.418 e. The standard InChI is InChI=1S/C30H20ClF7N2/c1-17-8-10-22(29(33,34)35)14-21(17)13-18-4-2-5-19(12-18)28-24-6-3-7-25(30(36,37)38)27(24)39-40(28)16-20-9-11-23(31)15-26(20)32/h2-12,14-15H,13,16H2,1H3. The summed E-state index contributed by atoms with van der Waals surface area (Å²) in [6.45, 7) is 1.53. The van der Waals surface area contributed by atoms with Crippen LogP contribution in [0.15, 0.2) is 78.9 Å². The molecule has 0 unspecified atom stereocenters. The van der Waals surface area contributed by atoms with Gasteiger partial charge in [-0.15, -0.1) is 0 Å². The van der Waals surface area contributed by atoms with Crippen LogP contribution >= 0.6 is 11.6 Å². The zero-order valence-corrected chi connectivity index (χ0v) is 21.6. The molecule has 0 bridgehead atoms. The molecule has 0 saturated heterocycles. The van der Waals surface area contributed by atoms with E-state index >= 15 is 0 Å². The molecule has 0 amide bonds. The zero-order chi connectivity index (χ0) is 28.8. The van der Waals surface area contributed by atoms with E-state index in [9.17, 15) is 30.7 Å².